The number of amides is 2. The lowest BCUT2D eigenvalue weighted by atomic mass is 10.0. The molecule has 0 fully saturated rings. The van der Waals surface area contributed by atoms with Crippen LogP contribution >= 0.6 is 0 Å². The van der Waals surface area contributed by atoms with Crippen LogP contribution in [0.4, 0.5) is 10.1 Å². The van der Waals surface area contributed by atoms with Crippen molar-refractivity contribution in [1.29, 1.82) is 0 Å². The van der Waals surface area contributed by atoms with E-state index in [0.29, 0.717) is 33.4 Å². The van der Waals surface area contributed by atoms with E-state index in [1.807, 2.05) is 24.3 Å². The van der Waals surface area contributed by atoms with Crippen LogP contribution in [-0.2, 0) is 41.6 Å². The first-order valence-electron chi connectivity index (χ1n) is 19.4. The number of carbonyl (C=O) groups excluding carboxylic acids is 5. The van der Waals surface area contributed by atoms with Crippen LogP contribution in [0, 0.1) is 12.7 Å². The molecule has 2 amide bonds. The summed E-state index contributed by atoms with van der Waals surface area (Å²) in [6, 6.07) is 16.8. The Labute approximate surface area is 346 Å². The number of aromatic nitrogens is 2. The van der Waals surface area contributed by atoms with Gasteiger partial charge in [0, 0.05) is 25.1 Å². The summed E-state index contributed by atoms with van der Waals surface area (Å²) in [5.41, 5.74) is 0.0653. The monoisotopic (exact) mass is 823 g/mol. The average molecular weight is 824 g/mol. The number of carbonyl (C=O) groups is 5. The van der Waals surface area contributed by atoms with Gasteiger partial charge < -0.3 is 35.1 Å². The molecule has 1 heterocycles. The standard InChI is InChI=1S/C45H50FN5O9/c1-25-48-34-17-14-28-13-12-27(21-32(28)38(34)41(55)49-25)24-47-30-15-16-31(33(46)23-30)39(53)50-35(18-19-37(52)59-44(2,3)4)40(54)51-36(43(57)60-45(5,6)7)22-26-10-9-11-29(20-26)42(56)58-8/h9-17,20-21,23,35-36,47H,18-19,22,24H2,1-8H3,(H,50,53)(H,51,54)(H,48,49,55)/t35-,36-/m0/s1. The molecule has 5 rings (SSSR count). The summed E-state index contributed by atoms with van der Waals surface area (Å²) < 4.78 is 31.5. The number of methoxy groups -OCH3 is 1. The van der Waals surface area contributed by atoms with Gasteiger partial charge in [0.1, 0.15) is 34.9 Å². The van der Waals surface area contributed by atoms with Crippen LogP contribution in [0.5, 0.6) is 0 Å². The molecule has 4 N–H and O–H groups in total. The molecule has 0 aliphatic heterocycles. The molecule has 60 heavy (non-hydrogen) atoms. The largest absolute Gasteiger partial charge is 0.465 e. The van der Waals surface area contributed by atoms with Crippen LogP contribution in [0.25, 0.3) is 21.7 Å². The molecule has 0 bridgehead atoms. The van der Waals surface area contributed by atoms with Crippen LogP contribution in [0.2, 0.25) is 0 Å². The van der Waals surface area contributed by atoms with Crippen LogP contribution < -0.4 is 21.5 Å². The van der Waals surface area contributed by atoms with E-state index in [1.165, 1.54) is 31.4 Å². The molecular weight excluding hydrogens is 774 g/mol. The quantitative estimate of drug-likeness (QED) is 0.0565. The molecule has 2 atom stereocenters. The number of nitrogens with zero attached hydrogens (tertiary/aromatic N) is 1. The molecule has 0 spiro atoms. The van der Waals surface area contributed by atoms with Crippen molar-refractivity contribution in [3.8, 4) is 0 Å². The van der Waals surface area contributed by atoms with Gasteiger partial charge in [-0.05, 0) is 119 Å². The lowest BCUT2D eigenvalue weighted by Crippen LogP contribution is -2.53. The molecule has 15 heteroatoms. The number of hydrogen-bond acceptors (Lipinski definition) is 11. The smallest absolute Gasteiger partial charge is 0.337 e. The Balaban J connectivity index is 1.34. The molecule has 0 unspecified atom stereocenters. The van der Waals surface area contributed by atoms with Gasteiger partial charge in [-0.15, -0.1) is 0 Å². The normalized spacial score (nSPS) is 12.6. The molecule has 0 radical (unpaired) electrons. The third kappa shape index (κ3) is 12.0. The zero-order valence-electron chi connectivity index (χ0n) is 34.9. The fourth-order valence-corrected chi connectivity index (χ4v) is 6.42. The highest BCUT2D eigenvalue weighted by molar-refractivity contribution is 6.06. The number of hydrogen-bond donors (Lipinski definition) is 4. The number of nitrogens with one attached hydrogen (secondary N) is 4. The Bertz CT molecular complexity index is 2500. The molecule has 4 aromatic carbocycles. The number of halogens is 1. The molecule has 0 aliphatic carbocycles. The van der Waals surface area contributed by atoms with Crippen molar-refractivity contribution >= 4 is 57.1 Å². The average Bonchev–Trinajstić information content (AvgIpc) is 3.16. The molecule has 0 saturated carbocycles. The van der Waals surface area contributed by atoms with Crippen LogP contribution in [0.3, 0.4) is 0 Å². The summed E-state index contributed by atoms with van der Waals surface area (Å²) in [6.07, 6.45) is -0.657. The van der Waals surface area contributed by atoms with Gasteiger partial charge in [0.05, 0.1) is 29.1 Å². The Kier molecular flexibility index (Phi) is 13.7. The van der Waals surface area contributed by atoms with Crippen molar-refractivity contribution in [1.82, 2.24) is 20.6 Å². The number of benzene rings is 4. The molecule has 14 nitrogen and oxygen atoms in total. The van der Waals surface area contributed by atoms with Gasteiger partial charge in [-0.25, -0.2) is 19.0 Å². The van der Waals surface area contributed by atoms with E-state index >= 15 is 4.39 Å². The van der Waals surface area contributed by atoms with Crippen molar-refractivity contribution in [2.45, 2.75) is 97.6 Å². The Morgan fingerprint density at radius 3 is 2.23 bits per heavy atom. The maximum atomic E-state index is 15.7. The summed E-state index contributed by atoms with van der Waals surface area (Å²) in [4.78, 5) is 85.9. The van der Waals surface area contributed by atoms with Gasteiger partial charge in [-0.2, -0.15) is 0 Å². The van der Waals surface area contributed by atoms with Gasteiger partial charge >= 0.3 is 17.9 Å². The minimum atomic E-state index is -1.43. The predicted octanol–water partition coefficient (Wildman–Crippen LogP) is 6.21. The van der Waals surface area contributed by atoms with Crippen LogP contribution in [-0.4, -0.2) is 70.1 Å². The molecular formula is C45H50FN5O9. The van der Waals surface area contributed by atoms with Gasteiger partial charge in [0.25, 0.3) is 11.5 Å². The lowest BCUT2D eigenvalue weighted by Gasteiger charge is -2.27. The van der Waals surface area contributed by atoms with Crippen molar-refractivity contribution in [3.05, 3.63) is 117 Å². The van der Waals surface area contributed by atoms with Crippen molar-refractivity contribution in [2.75, 3.05) is 12.4 Å². The summed E-state index contributed by atoms with van der Waals surface area (Å²) in [6.45, 7) is 12.0. The Hall–Kier alpha value is -6.64. The topological polar surface area (TPSA) is 195 Å². The molecule has 316 valence electrons. The second-order valence-electron chi connectivity index (χ2n) is 16.4. The first-order valence-corrected chi connectivity index (χ1v) is 19.4. The van der Waals surface area contributed by atoms with E-state index < -0.39 is 58.8 Å². The number of esters is 3. The zero-order chi connectivity index (χ0) is 43.9. The highest BCUT2D eigenvalue weighted by Gasteiger charge is 2.32. The minimum absolute atomic E-state index is 0.105. The van der Waals surface area contributed by atoms with E-state index in [9.17, 15) is 28.8 Å². The summed E-state index contributed by atoms with van der Waals surface area (Å²) in [5, 5.41) is 10.3. The van der Waals surface area contributed by atoms with Gasteiger partial charge in [0.15, 0.2) is 0 Å². The molecule has 1 aromatic heterocycles. The molecule has 0 saturated heterocycles. The summed E-state index contributed by atoms with van der Waals surface area (Å²) >= 11 is 0. The number of fused-ring (bicyclic) bond motifs is 3. The predicted molar refractivity (Wildman–Crippen MR) is 224 cm³/mol. The fourth-order valence-electron chi connectivity index (χ4n) is 6.42. The third-order valence-electron chi connectivity index (χ3n) is 9.06. The van der Waals surface area contributed by atoms with Crippen molar-refractivity contribution < 1.29 is 42.6 Å². The number of anilines is 1. The highest BCUT2D eigenvalue weighted by atomic mass is 19.1. The number of aromatic amines is 1. The lowest BCUT2D eigenvalue weighted by molar-refractivity contribution is -0.159. The van der Waals surface area contributed by atoms with Crippen molar-refractivity contribution in [3.63, 3.8) is 0 Å². The third-order valence-corrected chi connectivity index (χ3v) is 9.06. The second-order valence-corrected chi connectivity index (χ2v) is 16.4. The first kappa shape index (κ1) is 44.5. The van der Waals surface area contributed by atoms with Crippen molar-refractivity contribution in [2.24, 2.45) is 0 Å². The van der Waals surface area contributed by atoms with Gasteiger partial charge in [-0.1, -0.05) is 30.3 Å². The number of aryl methyl sites for hydroxylation is 1. The highest BCUT2D eigenvalue weighted by Crippen LogP contribution is 2.24. The number of rotatable bonds is 14. The Morgan fingerprint density at radius 1 is 0.833 bits per heavy atom. The van der Waals surface area contributed by atoms with Crippen LogP contribution in [0.1, 0.15) is 92.1 Å². The van der Waals surface area contributed by atoms with E-state index in [0.717, 1.165) is 17.0 Å². The van der Waals surface area contributed by atoms with E-state index in [4.69, 9.17) is 14.2 Å². The number of ether oxygens (including phenoxy) is 3. The van der Waals surface area contributed by atoms with E-state index in [1.54, 1.807) is 66.7 Å². The number of H-pyrrole nitrogens is 1. The first-order chi connectivity index (χ1) is 28.2. The Morgan fingerprint density at radius 2 is 1.55 bits per heavy atom. The van der Waals surface area contributed by atoms with Gasteiger partial charge in [-0.3, -0.25) is 19.2 Å². The fraction of sp³-hybridized carbons (Fsp3) is 0.356. The zero-order valence-corrected chi connectivity index (χ0v) is 34.9. The maximum Gasteiger partial charge on any atom is 0.337 e. The van der Waals surface area contributed by atoms with E-state index in [2.05, 4.69) is 25.9 Å². The maximum absolute atomic E-state index is 15.7. The summed E-state index contributed by atoms with van der Waals surface area (Å²) in [5.74, 6) is -4.20. The molecule has 0 aliphatic rings. The van der Waals surface area contributed by atoms with Gasteiger partial charge in [0.2, 0.25) is 5.91 Å². The minimum Gasteiger partial charge on any atom is -0.465 e. The second kappa shape index (κ2) is 18.5. The van der Waals surface area contributed by atoms with Crippen LogP contribution in [0.15, 0.2) is 77.6 Å². The molecule has 5 aromatic rings. The SMILES string of the molecule is COC(=O)c1cccc(C[C@H](NC(=O)[C@H](CCC(=O)OC(C)(C)C)NC(=O)c2ccc(NCc3ccc4ccc5nc(C)[nH]c(=O)c5c4c3)cc2F)C(=O)OC(C)(C)C)c1. The van der Waals surface area contributed by atoms with E-state index in [-0.39, 0.29) is 42.5 Å². The summed E-state index contributed by atoms with van der Waals surface area (Å²) in [7, 11) is 1.24.